The smallest absolute Gasteiger partial charge is 0.138 e. The monoisotopic (exact) mass is 364 g/mol. The first-order chi connectivity index (χ1) is 8.66. The van der Waals surface area contributed by atoms with E-state index in [0.717, 1.165) is 32.1 Å². The van der Waals surface area contributed by atoms with Crippen LogP contribution >= 0.6 is 22.6 Å². The SMILES string of the molecule is Nc1cc(I)c(F)cc1NCCCOCC1CC1. The zero-order valence-corrected chi connectivity index (χ0v) is 12.4. The largest absolute Gasteiger partial charge is 0.397 e. The minimum atomic E-state index is -0.239. The van der Waals surface area contributed by atoms with E-state index < -0.39 is 0 Å². The summed E-state index contributed by atoms with van der Waals surface area (Å²) in [5.74, 6) is 0.566. The molecule has 5 heteroatoms. The molecule has 1 fully saturated rings. The Kier molecular flexibility index (Phi) is 5.05. The predicted molar refractivity (Wildman–Crippen MR) is 80.2 cm³/mol. The Morgan fingerprint density at radius 1 is 1.44 bits per heavy atom. The van der Waals surface area contributed by atoms with E-state index in [1.807, 2.05) is 22.6 Å². The van der Waals surface area contributed by atoms with E-state index in [4.69, 9.17) is 10.5 Å². The van der Waals surface area contributed by atoms with E-state index in [-0.39, 0.29) is 5.82 Å². The van der Waals surface area contributed by atoms with Crippen molar-refractivity contribution in [2.45, 2.75) is 19.3 Å². The van der Waals surface area contributed by atoms with Crippen molar-refractivity contribution in [2.24, 2.45) is 5.92 Å². The van der Waals surface area contributed by atoms with Crippen molar-refractivity contribution in [3.8, 4) is 0 Å². The Balaban J connectivity index is 1.67. The Morgan fingerprint density at radius 2 is 2.22 bits per heavy atom. The highest BCUT2D eigenvalue weighted by Crippen LogP contribution is 2.28. The van der Waals surface area contributed by atoms with Crippen LogP contribution in [0.2, 0.25) is 0 Å². The topological polar surface area (TPSA) is 47.3 Å². The molecule has 1 aliphatic carbocycles. The fraction of sp³-hybridized carbons (Fsp3) is 0.538. The lowest BCUT2D eigenvalue weighted by molar-refractivity contribution is 0.124. The first-order valence-electron chi connectivity index (χ1n) is 6.23. The summed E-state index contributed by atoms with van der Waals surface area (Å²) >= 11 is 1.93. The van der Waals surface area contributed by atoms with Gasteiger partial charge in [-0.3, -0.25) is 0 Å². The summed E-state index contributed by atoms with van der Waals surface area (Å²) in [6.07, 6.45) is 3.53. The van der Waals surface area contributed by atoms with Crippen LogP contribution < -0.4 is 11.1 Å². The van der Waals surface area contributed by atoms with Gasteiger partial charge in [0.2, 0.25) is 0 Å². The van der Waals surface area contributed by atoms with Gasteiger partial charge in [0.15, 0.2) is 0 Å². The third-order valence-corrected chi connectivity index (χ3v) is 3.75. The number of ether oxygens (including phenoxy) is 1. The number of nitrogens with one attached hydrogen (secondary N) is 1. The number of hydrogen-bond donors (Lipinski definition) is 2. The van der Waals surface area contributed by atoms with Crippen molar-refractivity contribution in [3.63, 3.8) is 0 Å². The molecule has 0 radical (unpaired) electrons. The maximum Gasteiger partial charge on any atom is 0.138 e. The van der Waals surface area contributed by atoms with Gasteiger partial charge < -0.3 is 15.8 Å². The van der Waals surface area contributed by atoms with E-state index >= 15 is 0 Å². The molecule has 0 unspecified atom stereocenters. The fourth-order valence-electron chi connectivity index (χ4n) is 1.65. The Bertz CT molecular complexity index is 410. The standard InChI is InChI=1S/C13H18FIN2O/c14-10-6-13(12(16)7-11(10)15)17-4-1-5-18-8-9-2-3-9/h6-7,9,17H,1-5,8,16H2. The molecule has 2 rings (SSSR count). The molecule has 100 valence electrons. The summed E-state index contributed by atoms with van der Waals surface area (Å²) in [6.45, 7) is 2.38. The van der Waals surface area contributed by atoms with Crippen LogP contribution in [0.15, 0.2) is 12.1 Å². The van der Waals surface area contributed by atoms with E-state index in [0.29, 0.717) is 14.9 Å². The molecule has 0 heterocycles. The molecule has 1 aromatic carbocycles. The predicted octanol–water partition coefficient (Wildman–Crippen LogP) is 3.24. The first kappa shape index (κ1) is 13.9. The molecule has 0 aromatic heterocycles. The van der Waals surface area contributed by atoms with Gasteiger partial charge in [-0.1, -0.05) is 0 Å². The maximum atomic E-state index is 13.4. The van der Waals surface area contributed by atoms with Gasteiger partial charge in [0.25, 0.3) is 0 Å². The molecular weight excluding hydrogens is 346 g/mol. The van der Waals surface area contributed by atoms with Crippen molar-refractivity contribution in [1.82, 2.24) is 0 Å². The maximum absolute atomic E-state index is 13.4. The number of benzene rings is 1. The number of hydrogen-bond acceptors (Lipinski definition) is 3. The fourth-order valence-corrected chi connectivity index (χ4v) is 2.14. The summed E-state index contributed by atoms with van der Waals surface area (Å²) in [4.78, 5) is 0. The molecule has 1 aliphatic rings. The molecule has 1 saturated carbocycles. The molecule has 18 heavy (non-hydrogen) atoms. The van der Waals surface area contributed by atoms with Gasteiger partial charge in [-0.15, -0.1) is 0 Å². The average Bonchev–Trinajstić information content (AvgIpc) is 3.13. The summed E-state index contributed by atoms with van der Waals surface area (Å²) in [5, 5.41) is 3.14. The average molecular weight is 364 g/mol. The molecule has 3 nitrogen and oxygen atoms in total. The van der Waals surface area contributed by atoms with Gasteiger partial charge in [0.05, 0.1) is 14.9 Å². The Hall–Kier alpha value is -0.560. The number of anilines is 2. The third kappa shape index (κ3) is 4.28. The van der Waals surface area contributed by atoms with E-state index in [1.54, 1.807) is 6.07 Å². The van der Waals surface area contributed by atoms with E-state index in [9.17, 15) is 4.39 Å². The minimum Gasteiger partial charge on any atom is -0.397 e. The lowest BCUT2D eigenvalue weighted by atomic mass is 10.2. The zero-order valence-electron chi connectivity index (χ0n) is 10.2. The number of nitrogen functional groups attached to an aromatic ring is 1. The number of rotatable bonds is 7. The molecule has 0 spiro atoms. The molecule has 3 N–H and O–H groups in total. The second-order valence-corrected chi connectivity index (χ2v) is 5.81. The highest BCUT2D eigenvalue weighted by atomic mass is 127. The van der Waals surface area contributed by atoms with Crippen LogP contribution in [-0.4, -0.2) is 19.8 Å². The normalized spacial score (nSPS) is 14.8. The van der Waals surface area contributed by atoms with Gasteiger partial charge >= 0.3 is 0 Å². The van der Waals surface area contributed by atoms with Gasteiger partial charge in [0.1, 0.15) is 5.82 Å². The Labute approximate surface area is 120 Å². The second-order valence-electron chi connectivity index (χ2n) is 4.65. The lowest BCUT2D eigenvalue weighted by Gasteiger charge is -2.10. The van der Waals surface area contributed by atoms with Crippen LogP contribution in [0.1, 0.15) is 19.3 Å². The van der Waals surface area contributed by atoms with Crippen molar-refractivity contribution in [1.29, 1.82) is 0 Å². The van der Waals surface area contributed by atoms with Gasteiger partial charge in [-0.25, -0.2) is 4.39 Å². The van der Waals surface area contributed by atoms with Crippen molar-refractivity contribution in [3.05, 3.63) is 21.5 Å². The van der Waals surface area contributed by atoms with Crippen LogP contribution in [0.5, 0.6) is 0 Å². The van der Waals surface area contributed by atoms with Crippen LogP contribution in [-0.2, 0) is 4.74 Å². The molecule has 0 aliphatic heterocycles. The first-order valence-corrected chi connectivity index (χ1v) is 7.31. The second kappa shape index (κ2) is 6.56. The number of halogens is 2. The van der Waals surface area contributed by atoms with E-state index in [1.165, 1.54) is 18.9 Å². The number of nitrogens with two attached hydrogens (primary N) is 1. The zero-order chi connectivity index (χ0) is 13.0. The van der Waals surface area contributed by atoms with Gasteiger partial charge in [-0.05, 0) is 53.8 Å². The van der Waals surface area contributed by atoms with Gasteiger partial charge in [-0.2, -0.15) is 0 Å². The van der Waals surface area contributed by atoms with Crippen LogP contribution in [0.25, 0.3) is 0 Å². The summed E-state index contributed by atoms with van der Waals surface area (Å²) < 4.78 is 19.4. The molecule has 0 saturated heterocycles. The van der Waals surface area contributed by atoms with Gasteiger partial charge in [0, 0.05) is 25.8 Å². The third-order valence-electron chi connectivity index (χ3n) is 2.92. The summed E-state index contributed by atoms with van der Waals surface area (Å²) in [7, 11) is 0. The molecular formula is C13H18FIN2O. The van der Waals surface area contributed by atoms with E-state index in [2.05, 4.69) is 5.32 Å². The summed E-state index contributed by atoms with van der Waals surface area (Å²) in [5.41, 5.74) is 7.06. The molecule has 0 bridgehead atoms. The van der Waals surface area contributed by atoms with Crippen molar-refractivity contribution in [2.75, 3.05) is 30.8 Å². The molecule has 0 amide bonds. The van der Waals surface area contributed by atoms with Crippen molar-refractivity contribution >= 4 is 34.0 Å². The van der Waals surface area contributed by atoms with Crippen LogP contribution in [0.3, 0.4) is 0 Å². The highest BCUT2D eigenvalue weighted by molar-refractivity contribution is 14.1. The lowest BCUT2D eigenvalue weighted by Crippen LogP contribution is -2.08. The summed E-state index contributed by atoms with van der Waals surface area (Å²) in [6, 6.07) is 3.09. The van der Waals surface area contributed by atoms with Crippen molar-refractivity contribution < 1.29 is 9.13 Å². The molecule has 1 aromatic rings. The highest BCUT2D eigenvalue weighted by Gasteiger charge is 2.20. The molecule has 0 atom stereocenters. The van der Waals surface area contributed by atoms with Crippen LogP contribution in [0.4, 0.5) is 15.8 Å². The quantitative estimate of drug-likeness (QED) is 0.444. The van der Waals surface area contributed by atoms with Crippen LogP contribution in [0, 0.1) is 15.3 Å². The minimum absolute atomic E-state index is 0.239. The Morgan fingerprint density at radius 3 is 2.94 bits per heavy atom.